The number of anilines is 1. The monoisotopic (exact) mass is 366 g/mol. The fraction of sp³-hybridized carbons (Fsp3) is 0.176. The van der Waals surface area contributed by atoms with Crippen LogP contribution in [0.5, 0.6) is 0 Å². The Labute approximate surface area is 153 Å². The van der Waals surface area contributed by atoms with Gasteiger partial charge in [-0.15, -0.1) is 0 Å². The van der Waals surface area contributed by atoms with Crippen molar-refractivity contribution < 1.29 is 9.59 Å². The molecule has 0 saturated carbocycles. The molecule has 3 aromatic rings. The molecule has 1 aliphatic rings. The standard InChI is InChI=1S/C17H14N6O2S/c24-15(13-9-18-6-7-20-13)22-17-21-11-4-8-23(10-14(11)26-17)16(25)12-3-1-2-5-19-12/h1-3,5-7,9H,4,8,10H2,(H,21,22,24). The molecule has 0 unspecified atom stereocenters. The molecule has 1 aliphatic heterocycles. The van der Waals surface area contributed by atoms with Crippen LogP contribution in [0.4, 0.5) is 5.13 Å². The van der Waals surface area contributed by atoms with Gasteiger partial charge in [-0.25, -0.2) is 9.97 Å². The quantitative estimate of drug-likeness (QED) is 0.758. The molecule has 2 amide bonds. The van der Waals surface area contributed by atoms with E-state index >= 15 is 0 Å². The highest BCUT2D eigenvalue weighted by atomic mass is 32.1. The number of fused-ring (bicyclic) bond motifs is 1. The van der Waals surface area contributed by atoms with Gasteiger partial charge in [0, 0.05) is 36.4 Å². The highest BCUT2D eigenvalue weighted by Gasteiger charge is 2.26. The Morgan fingerprint density at radius 1 is 1.12 bits per heavy atom. The van der Waals surface area contributed by atoms with E-state index in [-0.39, 0.29) is 17.5 Å². The molecule has 0 aromatic carbocycles. The minimum atomic E-state index is -0.356. The number of nitrogens with zero attached hydrogens (tertiary/aromatic N) is 5. The minimum absolute atomic E-state index is 0.102. The molecule has 4 heterocycles. The number of carbonyl (C=O) groups is 2. The van der Waals surface area contributed by atoms with E-state index in [9.17, 15) is 9.59 Å². The first-order valence-corrected chi connectivity index (χ1v) is 8.78. The van der Waals surface area contributed by atoms with Crippen molar-refractivity contribution >= 4 is 28.3 Å². The Kier molecular flexibility index (Phi) is 4.36. The van der Waals surface area contributed by atoms with Crippen LogP contribution in [0.3, 0.4) is 0 Å². The van der Waals surface area contributed by atoms with Gasteiger partial charge in [0.05, 0.1) is 18.4 Å². The molecule has 0 spiro atoms. The molecule has 0 saturated heterocycles. The second-order valence-corrected chi connectivity index (χ2v) is 6.71. The maximum atomic E-state index is 12.5. The van der Waals surface area contributed by atoms with Gasteiger partial charge in [0.1, 0.15) is 11.4 Å². The maximum absolute atomic E-state index is 12.5. The lowest BCUT2D eigenvalue weighted by Crippen LogP contribution is -2.35. The molecule has 1 N–H and O–H groups in total. The molecule has 3 aromatic heterocycles. The van der Waals surface area contributed by atoms with Crippen LogP contribution in [0.25, 0.3) is 0 Å². The van der Waals surface area contributed by atoms with Crippen LogP contribution in [-0.2, 0) is 13.0 Å². The molecule has 26 heavy (non-hydrogen) atoms. The summed E-state index contributed by atoms with van der Waals surface area (Å²) in [5.74, 6) is -0.458. The summed E-state index contributed by atoms with van der Waals surface area (Å²) >= 11 is 1.37. The van der Waals surface area contributed by atoms with Crippen LogP contribution >= 0.6 is 11.3 Å². The van der Waals surface area contributed by atoms with E-state index in [1.54, 1.807) is 29.3 Å². The summed E-state index contributed by atoms with van der Waals surface area (Å²) in [6.45, 7) is 1.03. The number of nitrogens with one attached hydrogen (secondary N) is 1. The molecule has 130 valence electrons. The normalized spacial score (nSPS) is 13.2. The molecule has 0 bridgehead atoms. The SMILES string of the molecule is O=C(Nc1nc2c(s1)CN(C(=O)c1ccccn1)CC2)c1cnccn1. The Hall–Kier alpha value is -3.20. The van der Waals surface area contributed by atoms with Gasteiger partial charge in [0.2, 0.25) is 0 Å². The Morgan fingerprint density at radius 3 is 2.77 bits per heavy atom. The topological polar surface area (TPSA) is 101 Å². The Bertz CT molecular complexity index is 944. The van der Waals surface area contributed by atoms with E-state index in [1.807, 2.05) is 0 Å². The third-order valence-electron chi connectivity index (χ3n) is 3.92. The molecular weight excluding hydrogens is 352 g/mol. The highest BCUT2D eigenvalue weighted by molar-refractivity contribution is 7.15. The summed E-state index contributed by atoms with van der Waals surface area (Å²) in [6.07, 6.45) is 6.62. The van der Waals surface area contributed by atoms with Crippen LogP contribution in [0.2, 0.25) is 0 Å². The van der Waals surface area contributed by atoms with E-state index in [4.69, 9.17) is 0 Å². The van der Waals surface area contributed by atoms with Crippen molar-refractivity contribution in [2.24, 2.45) is 0 Å². The predicted molar refractivity (Wildman–Crippen MR) is 94.8 cm³/mol. The van der Waals surface area contributed by atoms with Gasteiger partial charge >= 0.3 is 0 Å². The van der Waals surface area contributed by atoms with Crippen molar-refractivity contribution in [3.8, 4) is 0 Å². The number of carbonyl (C=O) groups excluding carboxylic acids is 2. The minimum Gasteiger partial charge on any atom is -0.332 e. The van der Waals surface area contributed by atoms with E-state index in [0.717, 1.165) is 10.6 Å². The van der Waals surface area contributed by atoms with Gasteiger partial charge in [0.15, 0.2) is 5.13 Å². The lowest BCUT2D eigenvalue weighted by molar-refractivity contribution is 0.0730. The zero-order valence-corrected chi connectivity index (χ0v) is 14.4. The maximum Gasteiger partial charge on any atom is 0.277 e. The van der Waals surface area contributed by atoms with Crippen molar-refractivity contribution in [3.63, 3.8) is 0 Å². The average Bonchev–Trinajstić information content (AvgIpc) is 3.10. The van der Waals surface area contributed by atoms with E-state index in [1.165, 1.54) is 29.9 Å². The number of hydrogen-bond donors (Lipinski definition) is 1. The van der Waals surface area contributed by atoms with Gasteiger partial charge in [-0.2, -0.15) is 0 Å². The summed E-state index contributed by atoms with van der Waals surface area (Å²) in [7, 11) is 0. The van der Waals surface area contributed by atoms with Crippen LogP contribution < -0.4 is 5.32 Å². The van der Waals surface area contributed by atoms with Crippen molar-refractivity contribution in [1.82, 2.24) is 24.8 Å². The molecule has 0 fully saturated rings. The smallest absolute Gasteiger partial charge is 0.277 e. The fourth-order valence-electron chi connectivity index (χ4n) is 2.65. The van der Waals surface area contributed by atoms with E-state index in [0.29, 0.717) is 30.3 Å². The largest absolute Gasteiger partial charge is 0.332 e. The second-order valence-electron chi connectivity index (χ2n) is 5.63. The number of aromatic nitrogens is 4. The van der Waals surface area contributed by atoms with Gasteiger partial charge in [-0.1, -0.05) is 17.4 Å². The lowest BCUT2D eigenvalue weighted by Gasteiger charge is -2.25. The molecule has 8 nitrogen and oxygen atoms in total. The van der Waals surface area contributed by atoms with Crippen LogP contribution in [0.15, 0.2) is 43.0 Å². The number of amides is 2. The van der Waals surface area contributed by atoms with E-state index < -0.39 is 0 Å². The average molecular weight is 366 g/mol. The van der Waals surface area contributed by atoms with Crippen LogP contribution in [0.1, 0.15) is 31.5 Å². The molecular formula is C17H14N6O2S. The van der Waals surface area contributed by atoms with Crippen molar-refractivity contribution in [3.05, 3.63) is 64.9 Å². The van der Waals surface area contributed by atoms with Gasteiger partial charge in [0.25, 0.3) is 11.8 Å². The van der Waals surface area contributed by atoms with Gasteiger partial charge in [-0.3, -0.25) is 24.9 Å². The number of pyridine rings is 1. The Balaban J connectivity index is 1.47. The summed E-state index contributed by atoms with van der Waals surface area (Å²) in [4.78, 5) is 43.9. The molecule has 9 heteroatoms. The first-order chi connectivity index (χ1) is 12.7. The zero-order valence-electron chi connectivity index (χ0n) is 13.6. The third kappa shape index (κ3) is 3.29. The molecule has 0 aliphatic carbocycles. The summed E-state index contributed by atoms with van der Waals surface area (Å²) in [5.41, 5.74) is 1.57. The number of hydrogen-bond acceptors (Lipinski definition) is 7. The van der Waals surface area contributed by atoms with Crippen LogP contribution in [-0.4, -0.2) is 43.2 Å². The second kappa shape index (κ2) is 6.96. The van der Waals surface area contributed by atoms with Gasteiger partial charge < -0.3 is 4.90 Å². The summed E-state index contributed by atoms with van der Waals surface area (Å²) < 4.78 is 0. The highest BCUT2D eigenvalue weighted by Crippen LogP contribution is 2.29. The zero-order chi connectivity index (χ0) is 17.9. The molecule has 4 rings (SSSR count). The molecule has 0 radical (unpaired) electrons. The van der Waals surface area contributed by atoms with Crippen molar-refractivity contribution in [2.45, 2.75) is 13.0 Å². The fourth-order valence-corrected chi connectivity index (χ4v) is 3.67. The van der Waals surface area contributed by atoms with Gasteiger partial charge in [-0.05, 0) is 12.1 Å². The van der Waals surface area contributed by atoms with Crippen molar-refractivity contribution in [1.29, 1.82) is 0 Å². The Morgan fingerprint density at radius 2 is 2.00 bits per heavy atom. The predicted octanol–water partition coefficient (Wildman–Crippen LogP) is 1.78. The van der Waals surface area contributed by atoms with Crippen LogP contribution in [0, 0.1) is 0 Å². The summed E-state index contributed by atoms with van der Waals surface area (Å²) in [6, 6.07) is 5.28. The lowest BCUT2D eigenvalue weighted by atomic mass is 10.1. The number of rotatable bonds is 3. The third-order valence-corrected chi connectivity index (χ3v) is 4.92. The van der Waals surface area contributed by atoms with Crippen molar-refractivity contribution in [2.75, 3.05) is 11.9 Å². The number of thiazole rings is 1. The first-order valence-electron chi connectivity index (χ1n) is 7.97. The molecule has 0 atom stereocenters. The first kappa shape index (κ1) is 16.3. The summed E-state index contributed by atoms with van der Waals surface area (Å²) in [5, 5.41) is 3.24. The van der Waals surface area contributed by atoms with E-state index in [2.05, 4.69) is 25.3 Å².